The summed E-state index contributed by atoms with van der Waals surface area (Å²) in [6.07, 6.45) is 1.30. The minimum atomic E-state index is -3.94. The van der Waals surface area contributed by atoms with Crippen molar-refractivity contribution >= 4 is 10.0 Å². The van der Waals surface area contributed by atoms with Gasteiger partial charge in [0.1, 0.15) is 28.3 Å². The van der Waals surface area contributed by atoms with Gasteiger partial charge in [-0.15, -0.1) is 0 Å². The summed E-state index contributed by atoms with van der Waals surface area (Å²) in [5.41, 5.74) is 2.15. The van der Waals surface area contributed by atoms with Crippen molar-refractivity contribution in [2.45, 2.75) is 37.4 Å². The van der Waals surface area contributed by atoms with Gasteiger partial charge in [0.2, 0.25) is 10.0 Å². The number of ether oxygens (including phenoxy) is 1. The maximum absolute atomic E-state index is 13.7. The molecule has 7 nitrogen and oxygen atoms in total. The van der Waals surface area contributed by atoms with Crippen molar-refractivity contribution in [1.29, 1.82) is 0 Å². The van der Waals surface area contributed by atoms with Crippen LogP contribution in [0.2, 0.25) is 0 Å². The van der Waals surface area contributed by atoms with Crippen molar-refractivity contribution in [3.8, 4) is 17.6 Å². The van der Waals surface area contributed by atoms with Crippen molar-refractivity contribution in [3.05, 3.63) is 89.5 Å². The van der Waals surface area contributed by atoms with Crippen LogP contribution in [-0.4, -0.2) is 66.6 Å². The van der Waals surface area contributed by atoms with Crippen LogP contribution in [0.1, 0.15) is 30.7 Å². The van der Waals surface area contributed by atoms with Gasteiger partial charge in [0.05, 0.1) is 6.61 Å². The summed E-state index contributed by atoms with van der Waals surface area (Å²) in [5.74, 6) is 5.78. The Kier molecular flexibility index (Phi) is 8.80. The Morgan fingerprint density at radius 2 is 1.95 bits per heavy atom. The second-order valence-electron chi connectivity index (χ2n) is 9.69. The molecule has 0 fully saturated rings. The molecule has 0 saturated heterocycles. The SMILES string of the molecule is C[C@@H]1CN([C@H](C)CO)S(=O)(=O)c2ccc(C#Cc3ccccn3)cc2O[C@@H]1CN(C)Cc1ccc(F)cc1. The number of likely N-dealkylation sites (N-methyl/N-ethyl adjacent to an activating group) is 1. The fraction of sp³-hybridized carbons (Fsp3) is 0.345. The number of benzene rings is 2. The Balaban J connectivity index is 1.68. The van der Waals surface area contributed by atoms with E-state index in [4.69, 9.17) is 4.74 Å². The molecule has 0 unspecified atom stereocenters. The van der Waals surface area contributed by atoms with Crippen LogP contribution in [0.25, 0.3) is 0 Å². The lowest BCUT2D eigenvalue weighted by molar-refractivity contribution is 0.0733. The van der Waals surface area contributed by atoms with Gasteiger partial charge in [-0.1, -0.05) is 31.0 Å². The quantitative estimate of drug-likeness (QED) is 0.485. The molecule has 1 aliphatic rings. The van der Waals surface area contributed by atoms with Gasteiger partial charge in [-0.3, -0.25) is 4.90 Å². The first-order valence-electron chi connectivity index (χ1n) is 12.5. The fourth-order valence-electron chi connectivity index (χ4n) is 4.37. The van der Waals surface area contributed by atoms with Gasteiger partial charge in [-0.25, -0.2) is 17.8 Å². The number of pyridine rings is 1. The van der Waals surface area contributed by atoms with Crippen molar-refractivity contribution in [3.63, 3.8) is 0 Å². The lowest BCUT2D eigenvalue weighted by atomic mass is 10.0. The molecule has 2 heterocycles. The second-order valence-corrected chi connectivity index (χ2v) is 11.5. The predicted molar refractivity (Wildman–Crippen MR) is 143 cm³/mol. The number of aliphatic hydroxyl groups excluding tert-OH is 1. The number of hydrogen-bond donors (Lipinski definition) is 1. The summed E-state index contributed by atoms with van der Waals surface area (Å²) >= 11 is 0. The van der Waals surface area contributed by atoms with Gasteiger partial charge < -0.3 is 9.84 Å². The lowest BCUT2D eigenvalue weighted by Crippen LogP contribution is -2.49. The smallest absolute Gasteiger partial charge is 0.247 e. The van der Waals surface area contributed by atoms with E-state index in [-0.39, 0.29) is 41.6 Å². The molecule has 0 aliphatic carbocycles. The Morgan fingerprint density at radius 1 is 1.18 bits per heavy atom. The minimum Gasteiger partial charge on any atom is -0.487 e. The molecule has 1 N–H and O–H groups in total. The zero-order valence-electron chi connectivity index (χ0n) is 21.7. The zero-order valence-corrected chi connectivity index (χ0v) is 22.5. The van der Waals surface area contributed by atoms with Crippen LogP contribution in [0.3, 0.4) is 0 Å². The van der Waals surface area contributed by atoms with Crippen LogP contribution in [0.15, 0.2) is 71.8 Å². The van der Waals surface area contributed by atoms with E-state index in [9.17, 15) is 17.9 Å². The largest absolute Gasteiger partial charge is 0.487 e. The van der Waals surface area contributed by atoms with Crippen molar-refractivity contribution in [2.75, 3.05) is 26.7 Å². The lowest BCUT2D eigenvalue weighted by Gasteiger charge is -2.37. The first-order chi connectivity index (χ1) is 18.2. The normalized spacial score (nSPS) is 19.8. The minimum absolute atomic E-state index is 0.0410. The number of rotatable bonds is 6. The molecule has 38 heavy (non-hydrogen) atoms. The van der Waals surface area contributed by atoms with Gasteiger partial charge in [-0.2, -0.15) is 4.31 Å². The number of fused-ring (bicyclic) bond motifs is 1. The summed E-state index contributed by atoms with van der Waals surface area (Å²) < 4.78 is 48.4. The highest BCUT2D eigenvalue weighted by molar-refractivity contribution is 7.89. The van der Waals surface area contributed by atoms with E-state index in [2.05, 4.69) is 21.7 Å². The van der Waals surface area contributed by atoms with E-state index in [0.29, 0.717) is 24.3 Å². The van der Waals surface area contributed by atoms with Gasteiger partial charge in [0.25, 0.3) is 0 Å². The summed E-state index contributed by atoms with van der Waals surface area (Å²) in [6.45, 7) is 4.60. The average Bonchev–Trinajstić information content (AvgIpc) is 2.91. The van der Waals surface area contributed by atoms with Gasteiger partial charge in [0.15, 0.2) is 0 Å². The molecule has 9 heteroatoms. The number of aliphatic hydroxyl groups is 1. The van der Waals surface area contributed by atoms with E-state index in [0.717, 1.165) is 5.56 Å². The first-order valence-corrected chi connectivity index (χ1v) is 13.9. The van der Waals surface area contributed by atoms with E-state index in [1.54, 1.807) is 43.5 Å². The highest BCUT2D eigenvalue weighted by atomic mass is 32.2. The summed E-state index contributed by atoms with van der Waals surface area (Å²) in [7, 11) is -1.99. The molecule has 0 radical (unpaired) electrons. The maximum Gasteiger partial charge on any atom is 0.247 e. The third-order valence-electron chi connectivity index (χ3n) is 6.52. The molecule has 3 aromatic rings. The monoisotopic (exact) mass is 537 g/mol. The maximum atomic E-state index is 13.7. The molecule has 2 aromatic carbocycles. The molecule has 0 bridgehead atoms. The Hall–Kier alpha value is -3.29. The first kappa shape index (κ1) is 27.7. The summed E-state index contributed by atoms with van der Waals surface area (Å²) in [6, 6.07) is 16.0. The van der Waals surface area contributed by atoms with E-state index in [1.165, 1.54) is 22.5 Å². The molecule has 0 amide bonds. The van der Waals surface area contributed by atoms with E-state index < -0.39 is 16.1 Å². The molecule has 4 rings (SSSR count). The number of sulfonamides is 1. The Morgan fingerprint density at radius 3 is 2.63 bits per heavy atom. The molecular weight excluding hydrogens is 505 g/mol. The molecule has 1 aromatic heterocycles. The van der Waals surface area contributed by atoms with Crippen LogP contribution >= 0.6 is 0 Å². The van der Waals surface area contributed by atoms with Crippen molar-refractivity contribution < 1.29 is 22.7 Å². The molecule has 200 valence electrons. The van der Waals surface area contributed by atoms with Crippen LogP contribution < -0.4 is 4.74 Å². The van der Waals surface area contributed by atoms with Crippen LogP contribution in [0.4, 0.5) is 4.39 Å². The van der Waals surface area contributed by atoms with Gasteiger partial charge in [-0.05, 0) is 67.9 Å². The highest BCUT2D eigenvalue weighted by Gasteiger charge is 2.38. The van der Waals surface area contributed by atoms with Crippen LogP contribution in [0, 0.1) is 23.6 Å². The number of aromatic nitrogens is 1. The standard InChI is InChI=1S/C29H32FN3O4S/c1-21-17-33(22(2)20-34)38(35,36)29-14-10-23(9-13-26-6-4-5-15-31-26)16-27(29)37-28(21)19-32(3)18-24-7-11-25(30)12-8-24/h4-8,10-12,14-16,21-22,28,34H,17-20H2,1-3H3/t21-,22-,28-/m1/s1. The van der Waals surface area contributed by atoms with Crippen molar-refractivity contribution in [2.24, 2.45) is 5.92 Å². The van der Waals surface area contributed by atoms with Crippen LogP contribution in [-0.2, 0) is 16.6 Å². The van der Waals surface area contributed by atoms with Crippen LogP contribution in [0.5, 0.6) is 5.75 Å². The number of halogens is 1. The van der Waals surface area contributed by atoms with Gasteiger partial charge >= 0.3 is 0 Å². The Labute approximate surface area is 223 Å². The van der Waals surface area contributed by atoms with Gasteiger partial charge in [0, 0.05) is 43.4 Å². The molecule has 0 saturated carbocycles. The average molecular weight is 538 g/mol. The number of nitrogens with zero attached hydrogens (tertiary/aromatic N) is 3. The molecule has 3 atom stereocenters. The fourth-order valence-corrected chi connectivity index (χ4v) is 6.19. The van der Waals surface area contributed by atoms with E-state index >= 15 is 0 Å². The highest BCUT2D eigenvalue weighted by Crippen LogP contribution is 2.34. The number of hydrogen-bond acceptors (Lipinski definition) is 6. The second kappa shape index (κ2) is 12.0. The van der Waals surface area contributed by atoms with E-state index in [1.807, 2.05) is 26.1 Å². The summed E-state index contributed by atoms with van der Waals surface area (Å²) in [5, 5.41) is 9.84. The molecule has 0 spiro atoms. The van der Waals surface area contributed by atoms with Crippen molar-refractivity contribution in [1.82, 2.24) is 14.2 Å². The summed E-state index contributed by atoms with van der Waals surface area (Å²) in [4.78, 5) is 6.31. The predicted octanol–water partition coefficient (Wildman–Crippen LogP) is 3.52. The third-order valence-corrected chi connectivity index (χ3v) is 8.54. The molecule has 1 aliphatic heterocycles. The topological polar surface area (TPSA) is 83.0 Å². The molecular formula is C29H32FN3O4S. The Bertz CT molecular complexity index is 1410. The third kappa shape index (κ3) is 6.58. The zero-order chi connectivity index (χ0) is 27.3.